The summed E-state index contributed by atoms with van der Waals surface area (Å²) in [6.07, 6.45) is 0.617. The molecule has 0 aliphatic carbocycles. The van der Waals surface area contributed by atoms with Crippen LogP contribution in [0.4, 0.5) is 0 Å². The topological polar surface area (TPSA) is 69.8 Å². The molecule has 3 N–H and O–H groups in total. The molecule has 0 bridgehead atoms. The normalized spacial score (nSPS) is 19.5. The van der Waals surface area contributed by atoms with Crippen LogP contribution >= 0.6 is 0 Å². The maximum atomic E-state index is 12.1. The van der Waals surface area contributed by atoms with Gasteiger partial charge in [-0.3, -0.25) is 9.69 Å². The van der Waals surface area contributed by atoms with Crippen molar-refractivity contribution in [3.05, 3.63) is 29.3 Å². The maximum Gasteiger partial charge on any atom is 0.235 e. The van der Waals surface area contributed by atoms with Crippen molar-refractivity contribution in [1.82, 2.24) is 9.80 Å². The highest BCUT2D eigenvalue weighted by molar-refractivity contribution is 5.80. The molecule has 134 valence electrons. The Kier molecular flexibility index (Phi) is 6.24. The summed E-state index contributed by atoms with van der Waals surface area (Å²) in [6.45, 7) is 12.3. The first-order valence-corrected chi connectivity index (χ1v) is 8.95. The standard InChI is InChI=1S/C19H31N3O2/c1-5-21(6-2)12-18(13(3)4)22-11-15-9-16(23)8-7-14(15)10-17(22)19(20)24/h7-9,13,17-18,23H,5-6,10-12H2,1-4H3,(H2,20,24)/t17-,18-/m1/s1. The number of likely N-dealkylation sites (N-methyl/N-ethyl adjacent to an activating group) is 1. The molecule has 2 rings (SSSR count). The zero-order valence-corrected chi connectivity index (χ0v) is 15.3. The largest absolute Gasteiger partial charge is 0.508 e. The van der Waals surface area contributed by atoms with Crippen molar-refractivity contribution >= 4 is 5.91 Å². The summed E-state index contributed by atoms with van der Waals surface area (Å²) in [4.78, 5) is 16.7. The van der Waals surface area contributed by atoms with E-state index in [1.165, 1.54) is 0 Å². The lowest BCUT2D eigenvalue weighted by atomic mass is 9.89. The summed E-state index contributed by atoms with van der Waals surface area (Å²) in [5.74, 6) is 0.418. The molecule has 0 spiro atoms. The predicted octanol–water partition coefficient (Wildman–Crippen LogP) is 1.97. The van der Waals surface area contributed by atoms with E-state index < -0.39 is 0 Å². The monoisotopic (exact) mass is 333 g/mol. The molecule has 0 unspecified atom stereocenters. The van der Waals surface area contributed by atoms with E-state index >= 15 is 0 Å². The van der Waals surface area contributed by atoms with Gasteiger partial charge in [-0.25, -0.2) is 0 Å². The van der Waals surface area contributed by atoms with Gasteiger partial charge in [0.15, 0.2) is 0 Å². The first-order chi connectivity index (χ1) is 11.4. The molecule has 5 nitrogen and oxygen atoms in total. The molecule has 1 aromatic rings. The Morgan fingerprint density at radius 1 is 1.33 bits per heavy atom. The van der Waals surface area contributed by atoms with Gasteiger partial charge in [0.2, 0.25) is 5.91 Å². The third-order valence-corrected chi connectivity index (χ3v) is 5.22. The maximum absolute atomic E-state index is 12.1. The van der Waals surface area contributed by atoms with Crippen LogP contribution in [0.3, 0.4) is 0 Å². The van der Waals surface area contributed by atoms with Crippen LogP contribution in [0, 0.1) is 5.92 Å². The van der Waals surface area contributed by atoms with Crippen molar-refractivity contribution in [2.24, 2.45) is 11.7 Å². The Bertz CT molecular complexity index is 570. The molecule has 24 heavy (non-hydrogen) atoms. The summed E-state index contributed by atoms with van der Waals surface area (Å²) in [5, 5.41) is 9.80. The van der Waals surface area contributed by atoms with Gasteiger partial charge >= 0.3 is 0 Å². The van der Waals surface area contributed by atoms with Crippen molar-refractivity contribution < 1.29 is 9.90 Å². The molecule has 1 aliphatic heterocycles. The van der Waals surface area contributed by atoms with Crippen molar-refractivity contribution in [1.29, 1.82) is 0 Å². The van der Waals surface area contributed by atoms with Crippen molar-refractivity contribution in [2.75, 3.05) is 19.6 Å². The Labute approximate surface area is 145 Å². The van der Waals surface area contributed by atoms with Gasteiger partial charge in [0, 0.05) is 19.1 Å². The molecule has 1 heterocycles. The fraction of sp³-hybridized carbons (Fsp3) is 0.632. The summed E-state index contributed by atoms with van der Waals surface area (Å²) < 4.78 is 0. The summed E-state index contributed by atoms with van der Waals surface area (Å²) >= 11 is 0. The van der Waals surface area contributed by atoms with Gasteiger partial charge in [-0.15, -0.1) is 0 Å². The highest BCUT2D eigenvalue weighted by Crippen LogP contribution is 2.30. The average molecular weight is 333 g/mol. The van der Waals surface area contributed by atoms with Crippen LogP contribution in [0.2, 0.25) is 0 Å². The van der Waals surface area contributed by atoms with E-state index in [1.54, 1.807) is 6.07 Å². The molecule has 0 radical (unpaired) electrons. The minimum Gasteiger partial charge on any atom is -0.508 e. The van der Waals surface area contributed by atoms with Gasteiger partial charge in [-0.05, 0) is 48.7 Å². The Balaban J connectivity index is 2.33. The minimum absolute atomic E-state index is 0.248. The van der Waals surface area contributed by atoms with Gasteiger partial charge < -0.3 is 15.7 Å². The average Bonchev–Trinajstić information content (AvgIpc) is 2.54. The van der Waals surface area contributed by atoms with Crippen LogP contribution in [0.1, 0.15) is 38.8 Å². The van der Waals surface area contributed by atoms with Gasteiger partial charge in [0.1, 0.15) is 5.75 Å². The van der Waals surface area contributed by atoms with Crippen LogP contribution in [-0.2, 0) is 17.8 Å². The van der Waals surface area contributed by atoms with E-state index in [-0.39, 0.29) is 23.7 Å². The minimum atomic E-state index is -0.287. The molecule has 1 aliphatic rings. The zero-order valence-electron chi connectivity index (χ0n) is 15.3. The fourth-order valence-electron chi connectivity index (χ4n) is 3.65. The van der Waals surface area contributed by atoms with Gasteiger partial charge in [-0.2, -0.15) is 0 Å². The summed E-state index contributed by atoms with van der Waals surface area (Å²) in [5.41, 5.74) is 7.94. The lowest BCUT2D eigenvalue weighted by Crippen LogP contribution is -2.57. The molecule has 1 amide bonds. The van der Waals surface area contributed by atoms with Crippen LogP contribution in [0.5, 0.6) is 5.75 Å². The number of carbonyl (C=O) groups is 1. The number of carbonyl (C=O) groups excluding carboxylic acids is 1. The van der Waals surface area contributed by atoms with Crippen molar-refractivity contribution in [2.45, 2.75) is 52.7 Å². The molecule has 0 aromatic heterocycles. The van der Waals surface area contributed by atoms with Gasteiger partial charge in [-0.1, -0.05) is 33.8 Å². The lowest BCUT2D eigenvalue weighted by Gasteiger charge is -2.44. The second-order valence-corrected chi connectivity index (χ2v) is 7.04. The second-order valence-electron chi connectivity index (χ2n) is 7.04. The molecule has 5 heteroatoms. The number of primary amides is 1. The van der Waals surface area contributed by atoms with Gasteiger partial charge in [0.05, 0.1) is 6.04 Å². The predicted molar refractivity (Wildman–Crippen MR) is 96.8 cm³/mol. The van der Waals surface area contributed by atoms with E-state index in [0.717, 1.165) is 30.8 Å². The quantitative estimate of drug-likeness (QED) is 0.800. The number of rotatable bonds is 7. The number of aromatic hydroxyl groups is 1. The first-order valence-electron chi connectivity index (χ1n) is 8.95. The fourth-order valence-corrected chi connectivity index (χ4v) is 3.65. The van der Waals surface area contributed by atoms with E-state index in [2.05, 4.69) is 37.5 Å². The molecular formula is C19H31N3O2. The molecule has 0 saturated carbocycles. The van der Waals surface area contributed by atoms with Crippen LogP contribution in [-0.4, -0.2) is 52.5 Å². The number of amides is 1. The third kappa shape index (κ3) is 4.08. The SMILES string of the molecule is CCN(CC)C[C@H](C(C)C)N1Cc2cc(O)ccc2C[C@@H]1C(N)=O. The Morgan fingerprint density at radius 2 is 2.00 bits per heavy atom. The van der Waals surface area contributed by atoms with Crippen molar-refractivity contribution in [3.8, 4) is 5.75 Å². The smallest absolute Gasteiger partial charge is 0.235 e. The van der Waals surface area contributed by atoms with Crippen molar-refractivity contribution in [3.63, 3.8) is 0 Å². The molecule has 0 fully saturated rings. The number of benzene rings is 1. The number of fused-ring (bicyclic) bond motifs is 1. The van der Waals surface area contributed by atoms with Crippen LogP contribution in [0.15, 0.2) is 18.2 Å². The zero-order chi connectivity index (χ0) is 17.9. The van der Waals surface area contributed by atoms with Crippen LogP contribution < -0.4 is 5.73 Å². The van der Waals surface area contributed by atoms with E-state index in [0.29, 0.717) is 18.9 Å². The Hall–Kier alpha value is -1.59. The summed E-state index contributed by atoms with van der Waals surface area (Å²) in [7, 11) is 0. The Morgan fingerprint density at radius 3 is 2.54 bits per heavy atom. The molecule has 2 atom stereocenters. The van der Waals surface area contributed by atoms with E-state index in [1.807, 2.05) is 12.1 Å². The number of phenols is 1. The van der Waals surface area contributed by atoms with Gasteiger partial charge in [0.25, 0.3) is 0 Å². The number of nitrogens with two attached hydrogens (primary N) is 1. The van der Waals surface area contributed by atoms with Crippen LogP contribution in [0.25, 0.3) is 0 Å². The number of hydrogen-bond donors (Lipinski definition) is 2. The number of hydrogen-bond acceptors (Lipinski definition) is 4. The lowest BCUT2D eigenvalue weighted by molar-refractivity contribution is -0.125. The highest BCUT2D eigenvalue weighted by atomic mass is 16.3. The third-order valence-electron chi connectivity index (χ3n) is 5.22. The van der Waals surface area contributed by atoms with E-state index in [4.69, 9.17) is 5.73 Å². The number of phenolic OH excluding ortho intramolecular Hbond substituents is 1. The molecular weight excluding hydrogens is 302 g/mol. The van der Waals surface area contributed by atoms with E-state index in [9.17, 15) is 9.90 Å². The molecule has 0 saturated heterocycles. The number of nitrogens with zero attached hydrogens (tertiary/aromatic N) is 2. The summed E-state index contributed by atoms with van der Waals surface area (Å²) in [6, 6.07) is 5.37. The first kappa shape index (κ1) is 18.7. The highest BCUT2D eigenvalue weighted by Gasteiger charge is 2.36. The molecule has 1 aromatic carbocycles. The second kappa shape index (κ2) is 7.99.